The highest BCUT2D eigenvalue weighted by Gasteiger charge is 2.12. The number of amides is 1. The van der Waals surface area contributed by atoms with E-state index in [1.165, 1.54) is 44.4 Å². The third-order valence-corrected chi connectivity index (χ3v) is 3.33. The third kappa shape index (κ3) is 4.81. The number of methoxy groups -OCH3 is 1. The maximum atomic E-state index is 12.2. The average Bonchev–Trinajstić information content (AvgIpc) is 2.59. The quantitative estimate of drug-likeness (QED) is 0.616. The van der Waals surface area contributed by atoms with Crippen molar-refractivity contribution < 1.29 is 29.0 Å². The summed E-state index contributed by atoms with van der Waals surface area (Å²) < 4.78 is 10.1. The summed E-state index contributed by atoms with van der Waals surface area (Å²) in [4.78, 5) is 34.1. The number of nitrogens with one attached hydrogen (secondary N) is 1. The first-order chi connectivity index (χ1) is 11.9. The number of carbonyl (C=O) groups is 3. The Kier molecular flexibility index (Phi) is 5.73. The summed E-state index contributed by atoms with van der Waals surface area (Å²) in [5.74, 6) is -1.32. The van der Waals surface area contributed by atoms with Gasteiger partial charge in [-0.25, -0.2) is 4.79 Å². The van der Waals surface area contributed by atoms with Gasteiger partial charge in [0.1, 0.15) is 0 Å². The van der Waals surface area contributed by atoms with Crippen molar-refractivity contribution in [2.75, 3.05) is 7.11 Å². The molecule has 7 nitrogen and oxygen atoms in total. The Bertz CT molecular complexity index is 798. The number of ether oxygens (including phenoxy) is 2. The fraction of sp³-hybridized carbons (Fsp3) is 0.167. The standard InChI is InChI=1S/C18H17NO6/c1-11(20)25-15-8-7-14(9-16(15)24-2)17(21)19-10-12-3-5-13(6-4-12)18(22)23/h3-9H,10H2,1-2H3,(H,19,21)(H,22,23). The monoisotopic (exact) mass is 343 g/mol. The molecule has 0 radical (unpaired) electrons. The van der Waals surface area contributed by atoms with Crippen LogP contribution in [0.2, 0.25) is 0 Å². The van der Waals surface area contributed by atoms with E-state index in [-0.39, 0.29) is 29.5 Å². The Morgan fingerprint density at radius 2 is 1.64 bits per heavy atom. The molecule has 2 N–H and O–H groups in total. The van der Waals surface area contributed by atoms with E-state index in [0.717, 1.165) is 5.56 Å². The van der Waals surface area contributed by atoms with E-state index < -0.39 is 11.9 Å². The molecule has 0 unspecified atom stereocenters. The van der Waals surface area contributed by atoms with Crippen LogP contribution in [0.4, 0.5) is 0 Å². The highest BCUT2D eigenvalue weighted by Crippen LogP contribution is 2.28. The van der Waals surface area contributed by atoms with Crippen molar-refractivity contribution in [1.29, 1.82) is 0 Å². The Morgan fingerprint density at radius 1 is 1.00 bits per heavy atom. The van der Waals surface area contributed by atoms with Gasteiger partial charge in [-0.3, -0.25) is 9.59 Å². The molecule has 0 fully saturated rings. The van der Waals surface area contributed by atoms with Crippen molar-refractivity contribution in [2.24, 2.45) is 0 Å². The minimum atomic E-state index is -1.00. The topological polar surface area (TPSA) is 102 Å². The van der Waals surface area contributed by atoms with Crippen molar-refractivity contribution in [3.05, 3.63) is 59.2 Å². The lowest BCUT2D eigenvalue weighted by atomic mass is 10.1. The summed E-state index contributed by atoms with van der Waals surface area (Å²) in [7, 11) is 1.41. The van der Waals surface area contributed by atoms with E-state index in [1.807, 2.05) is 0 Å². The Morgan fingerprint density at radius 3 is 2.20 bits per heavy atom. The molecule has 0 bridgehead atoms. The van der Waals surface area contributed by atoms with E-state index in [9.17, 15) is 14.4 Å². The average molecular weight is 343 g/mol. The molecule has 0 aromatic heterocycles. The molecule has 0 aliphatic carbocycles. The zero-order chi connectivity index (χ0) is 18.4. The van der Waals surface area contributed by atoms with Crippen LogP contribution in [0.3, 0.4) is 0 Å². The van der Waals surface area contributed by atoms with Gasteiger partial charge in [-0.05, 0) is 35.9 Å². The summed E-state index contributed by atoms with van der Waals surface area (Å²) in [6, 6.07) is 10.7. The van der Waals surface area contributed by atoms with Gasteiger partial charge in [0.05, 0.1) is 12.7 Å². The molecule has 0 atom stereocenters. The number of hydrogen-bond acceptors (Lipinski definition) is 5. The number of carbonyl (C=O) groups excluding carboxylic acids is 2. The second kappa shape index (κ2) is 7.96. The van der Waals surface area contributed by atoms with Crippen molar-refractivity contribution in [3.63, 3.8) is 0 Å². The minimum absolute atomic E-state index is 0.181. The van der Waals surface area contributed by atoms with Gasteiger partial charge in [0.2, 0.25) is 0 Å². The SMILES string of the molecule is COc1cc(C(=O)NCc2ccc(C(=O)O)cc2)ccc1OC(C)=O. The molecular formula is C18H17NO6. The summed E-state index contributed by atoms with van der Waals surface area (Å²) in [6.45, 7) is 1.52. The van der Waals surface area contributed by atoms with E-state index in [2.05, 4.69) is 5.32 Å². The van der Waals surface area contributed by atoms with Crippen molar-refractivity contribution in [3.8, 4) is 11.5 Å². The molecule has 0 saturated heterocycles. The lowest BCUT2D eigenvalue weighted by molar-refractivity contribution is -0.132. The highest BCUT2D eigenvalue weighted by atomic mass is 16.6. The predicted octanol–water partition coefficient (Wildman–Crippen LogP) is 2.25. The van der Waals surface area contributed by atoms with Crippen LogP contribution < -0.4 is 14.8 Å². The normalized spacial score (nSPS) is 10.0. The molecule has 1 amide bonds. The van der Waals surface area contributed by atoms with Crippen molar-refractivity contribution in [2.45, 2.75) is 13.5 Å². The van der Waals surface area contributed by atoms with Crippen LogP contribution in [-0.2, 0) is 11.3 Å². The van der Waals surface area contributed by atoms with Gasteiger partial charge in [-0.2, -0.15) is 0 Å². The van der Waals surface area contributed by atoms with Crippen LogP contribution >= 0.6 is 0 Å². The Balaban J connectivity index is 2.05. The number of esters is 1. The van der Waals surface area contributed by atoms with Gasteiger partial charge < -0.3 is 19.9 Å². The van der Waals surface area contributed by atoms with Gasteiger partial charge in [-0.1, -0.05) is 12.1 Å². The predicted molar refractivity (Wildman–Crippen MR) is 88.9 cm³/mol. The highest BCUT2D eigenvalue weighted by molar-refractivity contribution is 5.95. The molecule has 7 heteroatoms. The first kappa shape index (κ1) is 18.0. The second-order valence-corrected chi connectivity index (χ2v) is 5.14. The van der Waals surface area contributed by atoms with Gasteiger partial charge in [0, 0.05) is 19.0 Å². The molecule has 130 valence electrons. The molecular weight excluding hydrogens is 326 g/mol. The number of rotatable bonds is 6. The van der Waals surface area contributed by atoms with E-state index in [0.29, 0.717) is 5.56 Å². The molecule has 0 spiro atoms. The zero-order valence-electron chi connectivity index (χ0n) is 13.7. The zero-order valence-corrected chi connectivity index (χ0v) is 13.7. The molecule has 2 aromatic carbocycles. The number of hydrogen-bond donors (Lipinski definition) is 2. The summed E-state index contributed by atoms with van der Waals surface area (Å²) in [6.07, 6.45) is 0. The molecule has 0 aliphatic heterocycles. The van der Waals surface area contributed by atoms with Gasteiger partial charge in [0.15, 0.2) is 11.5 Å². The van der Waals surface area contributed by atoms with Crippen LogP contribution in [0, 0.1) is 0 Å². The maximum absolute atomic E-state index is 12.2. The maximum Gasteiger partial charge on any atom is 0.335 e. The Labute approximate surface area is 144 Å². The first-order valence-corrected chi connectivity index (χ1v) is 7.37. The van der Waals surface area contributed by atoms with Gasteiger partial charge in [-0.15, -0.1) is 0 Å². The smallest absolute Gasteiger partial charge is 0.335 e. The molecule has 0 saturated carbocycles. The summed E-state index contributed by atoms with van der Waals surface area (Å²) in [5, 5.41) is 11.6. The van der Waals surface area contributed by atoms with E-state index >= 15 is 0 Å². The second-order valence-electron chi connectivity index (χ2n) is 5.14. The van der Waals surface area contributed by atoms with Crippen LogP contribution in [0.1, 0.15) is 33.2 Å². The van der Waals surface area contributed by atoms with Gasteiger partial charge >= 0.3 is 11.9 Å². The fourth-order valence-electron chi connectivity index (χ4n) is 2.10. The molecule has 2 rings (SSSR count). The largest absolute Gasteiger partial charge is 0.493 e. The number of carboxylic acids is 1. The summed E-state index contributed by atoms with van der Waals surface area (Å²) >= 11 is 0. The molecule has 25 heavy (non-hydrogen) atoms. The van der Waals surface area contributed by atoms with Crippen LogP contribution in [0.25, 0.3) is 0 Å². The lowest BCUT2D eigenvalue weighted by Gasteiger charge is -2.10. The number of benzene rings is 2. The molecule has 0 aliphatic rings. The van der Waals surface area contributed by atoms with Gasteiger partial charge in [0.25, 0.3) is 5.91 Å². The fourth-order valence-corrected chi connectivity index (χ4v) is 2.10. The van der Waals surface area contributed by atoms with Crippen LogP contribution in [0.5, 0.6) is 11.5 Å². The number of aromatic carboxylic acids is 1. The summed E-state index contributed by atoms with van der Waals surface area (Å²) in [5.41, 5.74) is 1.29. The third-order valence-electron chi connectivity index (χ3n) is 3.33. The van der Waals surface area contributed by atoms with E-state index in [4.69, 9.17) is 14.6 Å². The van der Waals surface area contributed by atoms with Crippen LogP contribution in [0.15, 0.2) is 42.5 Å². The van der Waals surface area contributed by atoms with Crippen molar-refractivity contribution in [1.82, 2.24) is 5.32 Å². The lowest BCUT2D eigenvalue weighted by Crippen LogP contribution is -2.22. The first-order valence-electron chi connectivity index (χ1n) is 7.37. The molecule has 0 heterocycles. The van der Waals surface area contributed by atoms with Crippen LogP contribution in [-0.4, -0.2) is 30.1 Å². The number of carboxylic acid groups (broad SMARTS) is 1. The van der Waals surface area contributed by atoms with E-state index in [1.54, 1.807) is 12.1 Å². The van der Waals surface area contributed by atoms with Crippen molar-refractivity contribution >= 4 is 17.8 Å². The minimum Gasteiger partial charge on any atom is -0.493 e. The Hall–Kier alpha value is -3.35. The molecule has 2 aromatic rings.